The highest BCUT2D eigenvalue weighted by molar-refractivity contribution is 5.96. The van der Waals surface area contributed by atoms with Gasteiger partial charge in [0.15, 0.2) is 6.61 Å². The van der Waals surface area contributed by atoms with Gasteiger partial charge in [-0.1, -0.05) is 28.4 Å². The fourth-order valence-corrected chi connectivity index (χ4v) is 2.29. The lowest BCUT2D eigenvalue weighted by molar-refractivity contribution is 0.141. The summed E-state index contributed by atoms with van der Waals surface area (Å²) in [5, 5.41) is 8.09. The molecule has 2 heterocycles. The van der Waals surface area contributed by atoms with Crippen LogP contribution >= 0.6 is 0 Å². The third-order valence-electron chi connectivity index (χ3n) is 3.66. The van der Waals surface area contributed by atoms with Crippen molar-refractivity contribution in [2.75, 3.05) is 13.2 Å². The Morgan fingerprint density at radius 3 is 2.37 bits per heavy atom. The molecule has 2 aromatic rings. The molecule has 140 valence electrons. The number of aromatic nitrogens is 2. The Hall–Kier alpha value is -3.20. The van der Waals surface area contributed by atoms with Gasteiger partial charge in [-0.05, 0) is 57.9 Å². The predicted octanol–water partition coefficient (Wildman–Crippen LogP) is 3.53. The second-order valence-electron chi connectivity index (χ2n) is 5.95. The maximum absolute atomic E-state index is 5.41. The number of nitrogens with zero attached hydrogens (tertiary/aromatic N) is 4. The molecule has 0 radical (unpaired) electrons. The first-order valence-corrected chi connectivity index (χ1v) is 8.77. The Morgan fingerprint density at radius 1 is 1.00 bits per heavy atom. The molecule has 6 heteroatoms. The van der Waals surface area contributed by atoms with Crippen molar-refractivity contribution in [2.24, 2.45) is 10.3 Å². The van der Waals surface area contributed by atoms with Crippen molar-refractivity contribution < 1.29 is 9.68 Å². The molecule has 0 aliphatic carbocycles. The SMILES string of the molecule is C#CCO/N=C(\C)c1cccc(CCCO/N=C(\C)c2cccc(C)n2)n1. The summed E-state index contributed by atoms with van der Waals surface area (Å²) in [6.07, 6.45) is 6.72. The molecule has 0 aliphatic heterocycles. The van der Waals surface area contributed by atoms with Crippen molar-refractivity contribution in [1.29, 1.82) is 0 Å². The van der Waals surface area contributed by atoms with Crippen molar-refractivity contribution in [2.45, 2.75) is 33.6 Å². The van der Waals surface area contributed by atoms with Crippen LogP contribution < -0.4 is 0 Å². The first kappa shape index (κ1) is 20.1. The van der Waals surface area contributed by atoms with Gasteiger partial charge in [0, 0.05) is 11.4 Å². The van der Waals surface area contributed by atoms with Gasteiger partial charge in [-0.25, -0.2) is 0 Å². The maximum Gasteiger partial charge on any atom is 0.177 e. The van der Waals surface area contributed by atoms with Crippen LogP contribution in [0, 0.1) is 19.3 Å². The van der Waals surface area contributed by atoms with E-state index in [0.717, 1.165) is 41.3 Å². The van der Waals surface area contributed by atoms with Crippen LogP contribution in [0.25, 0.3) is 0 Å². The van der Waals surface area contributed by atoms with E-state index in [1.54, 1.807) is 0 Å². The number of pyridine rings is 2. The van der Waals surface area contributed by atoms with E-state index in [0.29, 0.717) is 12.3 Å². The first-order chi connectivity index (χ1) is 13.1. The van der Waals surface area contributed by atoms with Crippen LogP contribution in [0.4, 0.5) is 0 Å². The average molecular weight is 364 g/mol. The van der Waals surface area contributed by atoms with Crippen LogP contribution in [-0.2, 0) is 16.1 Å². The molecule has 0 aromatic carbocycles. The van der Waals surface area contributed by atoms with Gasteiger partial charge in [-0.15, -0.1) is 6.42 Å². The molecule has 0 saturated heterocycles. The molecular formula is C21H24N4O2. The van der Waals surface area contributed by atoms with E-state index in [1.165, 1.54) is 0 Å². The van der Waals surface area contributed by atoms with Gasteiger partial charge in [0.1, 0.15) is 18.0 Å². The van der Waals surface area contributed by atoms with E-state index in [-0.39, 0.29) is 6.61 Å². The van der Waals surface area contributed by atoms with Gasteiger partial charge < -0.3 is 9.68 Å². The Bertz CT molecular complexity index is 853. The largest absolute Gasteiger partial charge is 0.396 e. The standard InChI is InChI=1S/C21H24N4O2/c1-5-14-26-24-18(4)21-13-7-10-19(23-21)11-8-15-27-25-17(3)20-12-6-9-16(2)22-20/h1,6-7,9-10,12-13H,8,11,14-15H2,2-4H3/b24-18+,25-17+. The summed E-state index contributed by atoms with van der Waals surface area (Å²) in [6, 6.07) is 11.6. The lowest BCUT2D eigenvalue weighted by Gasteiger charge is -2.05. The van der Waals surface area contributed by atoms with Gasteiger partial charge in [-0.2, -0.15) is 0 Å². The molecule has 6 nitrogen and oxygen atoms in total. The minimum atomic E-state index is 0.145. The summed E-state index contributed by atoms with van der Waals surface area (Å²) in [7, 11) is 0. The third-order valence-corrected chi connectivity index (χ3v) is 3.66. The van der Waals surface area contributed by atoms with Crippen LogP contribution in [0.2, 0.25) is 0 Å². The van der Waals surface area contributed by atoms with E-state index >= 15 is 0 Å². The van der Waals surface area contributed by atoms with Crippen molar-refractivity contribution in [1.82, 2.24) is 9.97 Å². The summed E-state index contributed by atoms with van der Waals surface area (Å²) < 4.78 is 0. The highest BCUT2D eigenvalue weighted by Gasteiger charge is 2.03. The van der Waals surface area contributed by atoms with Crippen LogP contribution in [0.1, 0.15) is 43.0 Å². The number of hydrogen-bond donors (Lipinski definition) is 0. The highest BCUT2D eigenvalue weighted by atomic mass is 16.6. The Kier molecular flexibility index (Phi) is 7.98. The lowest BCUT2D eigenvalue weighted by atomic mass is 10.2. The number of hydrogen-bond acceptors (Lipinski definition) is 6. The van der Waals surface area contributed by atoms with E-state index in [4.69, 9.17) is 16.1 Å². The predicted molar refractivity (Wildman–Crippen MR) is 107 cm³/mol. The fourth-order valence-electron chi connectivity index (χ4n) is 2.29. The van der Waals surface area contributed by atoms with Crippen molar-refractivity contribution in [3.63, 3.8) is 0 Å². The van der Waals surface area contributed by atoms with Gasteiger partial charge in [0.05, 0.1) is 11.4 Å². The van der Waals surface area contributed by atoms with Gasteiger partial charge >= 0.3 is 0 Å². The Labute approximate surface area is 160 Å². The van der Waals surface area contributed by atoms with Crippen molar-refractivity contribution in [3.05, 3.63) is 59.2 Å². The summed E-state index contributed by atoms with van der Waals surface area (Å²) in [5.41, 5.74) is 4.96. The molecule has 0 bridgehead atoms. The van der Waals surface area contributed by atoms with Crippen LogP contribution in [0.15, 0.2) is 46.7 Å². The second kappa shape index (κ2) is 10.7. The second-order valence-corrected chi connectivity index (χ2v) is 5.95. The topological polar surface area (TPSA) is 69.0 Å². The number of aryl methyl sites for hydroxylation is 2. The van der Waals surface area contributed by atoms with E-state index in [1.807, 2.05) is 57.2 Å². The molecule has 2 aromatic heterocycles. The molecule has 0 aliphatic rings. The third kappa shape index (κ3) is 6.90. The number of oxime groups is 2. The van der Waals surface area contributed by atoms with Gasteiger partial charge in [0.25, 0.3) is 0 Å². The van der Waals surface area contributed by atoms with E-state index in [9.17, 15) is 0 Å². The zero-order valence-corrected chi connectivity index (χ0v) is 16.0. The zero-order valence-electron chi connectivity index (χ0n) is 16.0. The Morgan fingerprint density at radius 2 is 1.67 bits per heavy atom. The van der Waals surface area contributed by atoms with Gasteiger partial charge in [-0.3, -0.25) is 9.97 Å². The summed E-state index contributed by atoms with van der Waals surface area (Å²) in [6.45, 7) is 6.33. The molecule has 0 amide bonds. The molecule has 0 atom stereocenters. The van der Waals surface area contributed by atoms with Crippen molar-refractivity contribution in [3.8, 4) is 12.3 Å². The van der Waals surface area contributed by atoms with E-state index < -0.39 is 0 Å². The number of terminal acetylenes is 1. The minimum absolute atomic E-state index is 0.145. The zero-order chi connectivity index (χ0) is 19.5. The molecule has 27 heavy (non-hydrogen) atoms. The van der Waals surface area contributed by atoms with Crippen molar-refractivity contribution >= 4 is 11.4 Å². The quantitative estimate of drug-likeness (QED) is 0.295. The summed E-state index contributed by atoms with van der Waals surface area (Å²) in [5.74, 6) is 2.37. The monoisotopic (exact) mass is 364 g/mol. The highest BCUT2D eigenvalue weighted by Crippen LogP contribution is 2.05. The Balaban J connectivity index is 1.82. The summed E-state index contributed by atoms with van der Waals surface area (Å²) >= 11 is 0. The fraction of sp³-hybridized carbons (Fsp3) is 0.333. The molecule has 2 rings (SSSR count). The number of rotatable bonds is 9. The molecule has 0 N–H and O–H groups in total. The molecule has 0 fully saturated rings. The lowest BCUT2D eigenvalue weighted by Crippen LogP contribution is -2.04. The van der Waals surface area contributed by atoms with Crippen LogP contribution in [0.5, 0.6) is 0 Å². The van der Waals surface area contributed by atoms with Crippen LogP contribution in [0.3, 0.4) is 0 Å². The molecule has 0 unspecified atom stereocenters. The smallest absolute Gasteiger partial charge is 0.177 e. The normalized spacial score (nSPS) is 11.8. The molecule has 0 spiro atoms. The minimum Gasteiger partial charge on any atom is -0.396 e. The maximum atomic E-state index is 5.41. The average Bonchev–Trinajstić information content (AvgIpc) is 2.68. The van der Waals surface area contributed by atoms with E-state index in [2.05, 4.69) is 26.2 Å². The first-order valence-electron chi connectivity index (χ1n) is 8.77. The molecule has 0 saturated carbocycles. The van der Waals surface area contributed by atoms with Gasteiger partial charge in [0.2, 0.25) is 0 Å². The summed E-state index contributed by atoms with van der Waals surface area (Å²) in [4.78, 5) is 19.4. The molecular weight excluding hydrogens is 340 g/mol. The van der Waals surface area contributed by atoms with Crippen LogP contribution in [-0.4, -0.2) is 34.6 Å².